The van der Waals surface area contributed by atoms with Crippen LogP contribution in [0.4, 0.5) is 0 Å². The maximum absolute atomic E-state index is 12.1. The van der Waals surface area contributed by atoms with Gasteiger partial charge < -0.3 is 10.2 Å². The van der Waals surface area contributed by atoms with Crippen molar-refractivity contribution in [2.24, 2.45) is 5.10 Å². The van der Waals surface area contributed by atoms with Gasteiger partial charge in [-0.05, 0) is 42.5 Å². The molecular weight excluding hydrogens is 404 g/mol. The van der Waals surface area contributed by atoms with Gasteiger partial charge >= 0.3 is 0 Å². The summed E-state index contributed by atoms with van der Waals surface area (Å²) in [6.45, 7) is 0. The highest BCUT2D eigenvalue weighted by Crippen LogP contribution is 2.21. The fraction of sp³-hybridized carbons (Fsp3) is 0. The average Bonchev–Trinajstić information content (AvgIpc) is 2.64. The number of halogens is 1. The van der Waals surface area contributed by atoms with Crippen LogP contribution in [0.2, 0.25) is 5.02 Å². The number of aromatic amines is 1. The summed E-state index contributed by atoms with van der Waals surface area (Å²) in [7, 11) is 0. The first-order valence-corrected chi connectivity index (χ1v) is 8.62. The summed E-state index contributed by atoms with van der Waals surface area (Å²) < 4.78 is 1.16. The first kappa shape index (κ1) is 19.3. The molecule has 0 spiro atoms. The second kappa shape index (κ2) is 8.07. The summed E-state index contributed by atoms with van der Waals surface area (Å²) in [5.41, 5.74) is 1.69. The van der Waals surface area contributed by atoms with Gasteiger partial charge in [0.15, 0.2) is 4.77 Å². The predicted molar refractivity (Wildman–Crippen MR) is 107 cm³/mol. The standard InChI is InChI=1S/C18H13ClN4O4S/c19-10-4-3-5-11(8-10)23-17(27)13(15(25)21-18(23)28)9-20-22-16(26)12-6-1-2-7-14(12)24/h1-9,24,27H,(H,22,26)(H,21,25,28)/b20-9+. The van der Waals surface area contributed by atoms with Crippen molar-refractivity contribution < 1.29 is 15.0 Å². The number of rotatable bonds is 4. The van der Waals surface area contributed by atoms with Crippen molar-refractivity contribution in [2.75, 3.05) is 0 Å². The third kappa shape index (κ3) is 3.95. The number of H-pyrrole nitrogens is 1. The Morgan fingerprint density at radius 2 is 1.96 bits per heavy atom. The number of carbonyl (C=O) groups excluding carboxylic acids is 1. The molecule has 0 atom stereocenters. The van der Waals surface area contributed by atoms with Crippen molar-refractivity contribution in [2.45, 2.75) is 0 Å². The number of aromatic nitrogens is 2. The maximum atomic E-state index is 12.1. The van der Waals surface area contributed by atoms with Gasteiger partial charge in [0.25, 0.3) is 11.5 Å². The van der Waals surface area contributed by atoms with Crippen molar-refractivity contribution in [3.05, 3.63) is 79.8 Å². The number of amides is 1. The number of nitrogens with zero attached hydrogens (tertiary/aromatic N) is 2. The Morgan fingerprint density at radius 3 is 2.68 bits per heavy atom. The molecular formula is C18H13ClN4O4S. The monoisotopic (exact) mass is 416 g/mol. The fourth-order valence-electron chi connectivity index (χ4n) is 2.39. The number of carbonyl (C=O) groups is 1. The van der Waals surface area contributed by atoms with Crippen LogP contribution in [0, 0.1) is 4.77 Å². The van der Waals surface area contributed by atoms with Crippen LogP contribution in [0.25, 0.3) is 5.69 Å². The minimum atomic E-state index is -0.693. The summed E-state index contributed by atoms with van der Waals surface area (Å²) in [6.07, 6.45) is 0.974. The molecule has 0 bridgehead atoms. The topological polar surface area (TPSA) is 120 Å². The van der Waals surface area contributed by atoms with Gasteiger partial charge in [-0.3, -0.25) is 19.1 Å². The molecule has 3 aromatic rings. The number of phenols is 1. The normalized spacial score (nSPS) is 10.9. The van der Waals surface area contributed by atoms with Crippen LogP contribution in [0.5, 0.6) is 11.6 Å². The van der Waals surface area contributed by atoms with Crippen molar-refractivity contribution in [1.82, 2.24) is 15.0 Å². The van der Waals surface area contributed by atoms with E-state index in [1.54, 1.807) is 36.4 Å². The van der Waals surface area contributed by atoms with Crippen LogP contribution in [0.1, 0.15) is 15.9 Å². The van der Waals surface area contributed by atoms with E-state index in [0.29, 0.717) is 10.7 Å². The van der Waals surface area contributed by atoms with Crippen molar-refractivity contribution in [3.8, 4) is 17.3 Å². The lowest BCUT2D eigenvalue weighted by atomic mass is 10.2. The zero-order valence-corrected chi connectivity index (χ0v) is 15.7. The second-order valence-electron chi connectivity index (χ2n) is 5.53. The summed E-state index contributed by atoms with van der Waals surface area (Å²) in [5.74, 6) is -1.38. The van der Waals surface area contributed by atoms with E-state index in [-0.39, 0.29) is 21.6 Å². The van der Waals surface area contributed by atoms with Crippen LogP contribution >= 0.6 is 23.8 Å². The van der Waals surface area contributed by atoms with Gasteiger partial charge in [-0.2, -0.15) is 5.10 Å². The van der Waals surface area contributed by atoms with Gasteiger partial charge in [-0.25, -0.2) is 5.43 Å². The molecule has 1 aromatic heterocycles. The van der Waals surface area contributed by atoms with Crippen LogP contribution in [0.3, 0.4) is 0 Å². The van der Waals surface area contributed by atoms with Crippen molar-refractivity contribution in [3.63, 3.8) is 0 Å². The molecule has 0 unspecified atom stereocenters. The van der Waals surface area contributed by atoms with E-state index in [9.17, 15) is 19.8 Å². The smallest absolute Gasteiger partial charge is 0.275 e. The fourth-order valence-corrected chi connectivity index (χ4v) is 2.86. The highest BCUT2D eigenvalue weighted by atomic mass is 35.5. The van der Waals surface area contributed by atoms with Gasteiger partial charge in [-0.15, -0.1) is 0 Å². The van der Waals surface area contributed by atoms with E-state index in [4.69, 9.17) is 23.8 Å². The van der Waals surface area contributed by atoms with E-state index in [0.717, 1.165) is 6.21 Å². The van der Waals surface area contributed by atoms with Gasteiger partial charge in [0.1, 0.15) is 11.3 Å². The number of nitrogens with one attached hydrogen (secondary N) is 2. The SMILES string of the molecule is O=C(N/N=C/c1c(O)n(-c2cccc(Cl)c2)c(=S)[nH]c1=O)c1ccccc1O. The summed E-state index contributed by atoms with van der Waals surface area (Å²) >= 11 is 11.1. The molecule has 2 aromatic carbocycles. The molecule has 1 amide bonds. The quantitative estimate of drug-likeness (QED) is 0.296. The van der Waals surface area contributed by atoms with E-state index in [1.165, 1.54) is 16.7 Å². The molecule has 0 fully saturated rings. The number of benzene rings is 2. The number of hydrogen-bond acceptors (Lipinski definition) is 6. The summed E-state index contributed by atoms with van der Waals surface area (Å²) in [4.78, 5) is 26.6. The zero-order chi connectivity index (χ0) is 20.3. The Bertz CT molecular complexity index is 1200. The zero-order valence-electron chi connectivity index (χ0n) is 14.1. The van der Waals surface area contributed by atoms with Gasteiger partial charge in [0.2, 0.25) is 5.88 Å². The highest BCUT2D eigenvalue weighted by molar-refractivity contribution is 7.71. The lowest BCUT2D eigenvalue weighted by Crippen LogP contribution is -2.21. The van der Waals surface area contributed by atoms with Gasteiger partial charge in [0, 0.05) is 5.02 Å². The second-order valence-corrected chi connectivity index (χ2v) is 6.35. The molecule has 0 saturated carbocycles. The van der Waals surface area contributed by atoms with E-state index in [1.807, 2.05) is 0 Å². The first-order valence-electron chi connectivity index (χ1n) is 7.84. The molecule has 0 aliphatic heterocycles. The maximum Gasteiger partial charge on any atom is 0.275 e. The lowest BCUT2D eigenvalue weighted by molar-refractivity contribution is 0.0952. The Kier molecular flexibility index (Phi) is 5.57. The molecule has 142 valence electrons. The molecule has 3 rings (SSSR count). The highest BCUT2D eigenvalue weighted by Gasteiger charge is 2.13. The Balaban J connectivity index is 1.94. The Morgan fingerprint density at radius 1 is 1.21 bits per heavy atom. The van der Waals surface area contributed by atoms with Crippen molar-refractivity contribution >= 4 is 35.9 Å². The number of hydrazone groups is 1. The lowest BCUT2D eigenvalue weighted by Gasteiger charge is -2.11. The molecule has 0 radical (unpaired) electrons. The molecule has 0 aliphatic carbocycles. The minimum absolute atomic E-state index is 0.00711. The van der Waals surface area contributed by atoms with Crippen LogP contribution in [-0.2, 0) is 0 Å². The van der Waals surface area contributed by atoms with Gasteiger partial charge in [-0.1, -0.05) is 29.8 Å². The molecule has 1 heterocycles. The molecule has 0 saturated heterocycles. The van der Waals surface area contributed by atoms with E-state index in [2.05, 4.69) is 15.5 Å². The summed E-state index contributed by atoms with van der Waals surface area (Å²) in [5, 5.41) is 24.3. The molecule has 0 aliphatic rings. The van der Waals surface area contributed by atoms with Crippen molar-refractivity contribution in [1.29, 1.82) is 0 Å². The average molecular weight is 417 g/mol. The first-order chi connectivity index (χ1) is 13.4. The third-order valence-corrected chi connectivity index (χ3v) is 4.22. The number of hydrogen-bond donors (Lipinski definition) is 4. The molecule has 4 N–H and O–H groups in total. The largest absolute Gasteiger partial charge is 0.507 e. The van der Waals surface area contributed by atoms with Crippen LogP contribution < -0.4 is 11.0 Å². The number of aromatic hydroxyl groups is 2. The molecule has 10 heteroatoms. The van der Waals surface area contributed by atoms with Gasteiger partial charge in [0.05, 0.1) is 17.5 Å². The Hall–Kier alpha value is -3.43. The molecule has 28 heavy (non-hydrogen) atoms. The summed E-state index contributed by atoms with van der Waals surface area (Å²) in [6, 6.07) is 12.4. The Labute approximate surface area is 168 Å². The minimum Gasteiger partial charge on any atom is -0.507 e. The van der Waals surface area contributed by atoms with Crippen LogP contribution in [-0.4, -0.2) is 31.9 Å². The van der Waals surface area contributed by atoms with E-state index < -0.39 is 17.3 Å². The van der Waals surface area contributed by atoms with Crippen LogP contribution in [0.15, 0.2) is 58.4 Å². The number of phenolic OH excluding ortho intramolecular Hbond substituents is 1. The predicted octanol–water partition coefficient (Wildman–Crippen LogP) is 2.72. The van der Waals surface area contributed by atoms with E-state index >= 15 is 0 Å². The third-order valence-electron chi connectivity index (χ3n) is 3.70. The molecule has 8 nitrogen and oxygen atoms in total. The number of para-hydroxylation sites is 1.